The number of rotatable bonds is 11. The Bertz CT molecular complexity index is 548. The van der Waals surface area contributed by atoms with E-state index in [1.54, 1.807) is 0 Å². The zero-order valence-corrected chi connectivity index (χ0v) is 14.8. The highest BCUT2D eigenvalue weighted by molar-refractivity contribution is 5.93. The summed E-state index contributed by atoms with van der Waals surface area (Å²) >= 11 is 0. The van der Waals surface area contributed by atoms with Crippen LogP contribution in [0.1, 0.15) is 26.7 Å². The lowest BCUT2D eigenvalue weighted by Gasteiger charge is -2.22. The predicted molar refractivity (Wildman–Crippen MR) is 93.3 cm³/mol. The van der Waals surface area contributed by atoms with Crippen LogP contribution in [0, 0.1) is 0 Å². The maximum Gasteiger partial charge on any atom is 0.245 e. The van der Waals surface area contributed by atoms with E-state index in [0.29, 0.717) is 6.42 Å². The molecule has 12 heteroatoms. The summed E-state index contributed by atoms with van der Waals surface area (Å²) in [6.07, 6.45) is 0.503. The van der Waals surface area contributed by atoms with Crippen LogP contribution in [-0.4, -0.2) is 66.0 Å². The van der Waals surface area contributed by atoms with Crippen LogP contribution in [-0.2, 0) is 19.2 Å². The van der Waals surface area contributed by atoms with Gasteiger partial charge >= 0.3 is 0 Å². The van der Waals surface area contributed by atoms with Crippen molar-refractivity contribution in [3.63, 3.8) is 0 Å². The molecule has 0 saturated carbocycles. The molecule has 0 aromatic carbocycles. The van der Waals surface area contributed by atoms with Gasteiger partial charge in [0.1, 0.15) is 18.1 Å². The van der Waals surface area contributed by atoms with Crippen molar-refractivity contribution in [1.82, 2.24) is 16.0 Å². The summed E-state index contributed by atoms with van der Waals surface area (Å²) in [5.74, 6) is -2.76. The van der Waals surface area contributed by atoms with Gasteiger partial charge in [-0.2, -0.15) is 0 Å². The molecular formula is C14H27N7O5. The summed E-state index contributed by atoms with van der Waals surface area (Å²) < 4.78 is 0. The van der Waals surface area contributed by atoms with Gasteiger partial charge < -0.3 is 38.3 Å². The summed E-state index contributed by atoms with van der Waals surface area (Å²) in [5.41, 5.74) is 15.5. The van der Waals surface area contributed by atoms with E-state index >= 15 is 0 Å². The average molecular weight is 373 g/mol. The number of primary amides is 1. The SMILES string of the molecule is CC(=O)N[C@@H](CO)C(=O)N[C@@H](CCCN=C(N)N)C(=O)N[C@@H](C)C(N)=O. The largest absolute Gasteiger partial charge is 0.394 e. The molecule has 148 valence electrons. The third-order valence-electron chi connectivity index (χ3n) is 3.24. The first kappa shape index (κ1) is 23.1. The van der Waals surface area contributed by atoms with Crippen LogP contribution in [0.25, 0.3) is 0 Å². The molecule has 3 atom stereocenters. The Morgan fingerprint density at radius 1 is 1.00 bits per heavy atom. The van der Waals surface area contributed by atoms with Crippen LogP contribution in [0.4, 0.5) is 0 Å². The minimum absolute atomic E-state index is 0.108. The van der Waals surface area contributed by atoms with Gasteiger partial charge in [-0.3, -0.25) is 24.2 Å². The number of aliphatic hydroxyl groups excluding tert-OH is 1. The number of carbonyl (C=O) groups is 4. The second kappa shape index (κ2) is 11.6. The van der Waals surface area contributed by atoms with Gasteiger partial charge in [-0.25, -0.2) is 0 Å². The van der Waals surface area contributed by atoms with Crippen molar-refractivity contribution >= 4 is 29.6 Å². The fraction of sp³-hybridized carbons (Fsp3) is 0.643. The summed E-state index contributed by atoms with van der Waals surface area (Å²) in [4.78, 5) is 50.4. The Labute approximate surface area is 150 Å². The number of nitrogens with one attached hydrogen (secondary N) is 3. The lowest BCUT2D eigenvalue weighted by molar-refractivity contribution is -0.133. The van der Waals surface area contributed by atoms with Crippen molar-refractivity contribution in [2.75, 3.05) is 13.2 Å². The molecule has 10 N–H and O–H groups in total. The van der Waals surface area contributed by atoms with E-state index in [4.69, 9.17) is 17.2 Å². The highest BCUT2D eigenvalue weighted by Crippen LogP contribution is 2.01. The van der Waals surface area contributed by atoms with Gasteiger partial charge in [-0.05, 0) is 19.8 Å². The van der Waals surface area contributed by atoms with Gasteiger partial charge in [-0.15, -0.1) is 0 Å². The molecule has 0 aliphatic rings. The first-order valence-corrected chi connectivity index (χ1v) is 7.91. The molecule has 0 bridgehead atoms. The molecule has 0 fully saturated rings. The summed E-state index contributed by atoms with van der Waals surface area (Å²) in [7, 11) is 0. The van der Waals surface area contributed by atoms with E-state index in [2.05, 4.69) is 20.9 Å². The molecule has 0 saturated heterocycles. The van der Waals surface area contributed by atoms with Crippen molar-refractivity contribution < 1.29 is 24.3 Å². The maximum absolute atomic E-state index is 12.3. The normalized spacial score (nSPS) is 13.7. The van der Waals surface area contributed by atoms with Crippen LogP contribution in [0.3, 0.4) is 0 Å². The van der Waals surface area contributed by atoms with Crippen LogP contribution < -0.4 is 33.2 Å². The number of hydrogen-bond acceptors (Lipinski definition) is 6. The van der Waals surface area contributed by atoms with Crippen molar-refractivity contribution in [1.29, 1.82) is 0 Å². The van der Waals surface area contributed by atoms with E-state index in [1.165, 1.54) is 13.8 Å². The number of aliphatic hydroxyl groups is 1. The van der Waals surface area contributed by atoms with Crippen molar-refractivity contribution in [2.24, 2.45) is 22.2 Å². The number of amides is 4. The highest BCUT2D eigenvalue weighted by atomic mass is 16.3. The highest BCUT2D eigenvalue weighted by Gasteiger charge is 2.27. The van der Waals surface area contributed by atoms with Crippen molar-refractivity contribution in [3.05, 3.63) is 0 Å². The Hall–Kier alpha value is -2.89. The molecular weight excluding hydrogens is 346 g/mol. The zero-order chi connectivity index (χ0) is 20.3. The van der Waals surface area contributed by atoms with E-state index in [-0.39, 0.29) is 18.9 Å². The Balaban J connectivity index is 5.02. The number of hydrogen-bond donors (Lipinski definition) is 7. The third-order valence-corrected chi connectivity index (χ3v) is 3.24. The molecule has 26 heavy (non-hydrogen) atoms. The van der Waals surface area contributed by atoms with Gasteiger partial charge in [-0.1, -0.05) is 0 Å². The molecule has 0 aliphatic carbocycles. The molecule has 12 nitrogen and oxygen atoms in total. The standard InChI is InChI=1S/C14H27N7O5/c1-7(11(15)24)19-12(25)9(4-3-5-18-14(16)17)21-13(26)10(6-22)20-8(2)23/h7,9-10,22H,3-6H2,1-2H3,(H2,15,24)(H,19,25)(H,20,23)(H,21,26)(H4,16,17,18)/t7-,9-,10-/m0/s1. The third kappa shape index (κ3) is 9.42. The lowest BCUT2D eigenvalue weighted by Crippen LogP contribution is -2.56. The van der Waals surface area contributed by atoms with Crippen LogP contribution in [0.2, 0.25) is 0 Å². The van der Waals surface area contributed by atoms with Crippen LogP contribution in [0.15, 0.2) is 4.99 Å². The van der Waals surface area contributed by atoms with E-state index in [1.807, 2.05) is 0 Å². The zero-order valence-electron chi connectivity index (χ0n) is 14.8. The molecule has 0 aromatic heterocycles. The number of aliphatic imine (C=N–C) groups is 1. The minimum Gasteiger partial charge on any atom is -0.394 e. The van der Waals surface area contributed by atoms with Gasteiger partial charge in [0, 0.05) is 13.5 Å². The first-order valence-electron chi connectivity index (χ1n) is 7.91. The van der Waals surface area contributed by atoms with Crippen LogP contribution >= 0.6 is 0 Å². The fourth-order valence-corrected chi connectivity index (χ4v) is 1.87. The first-order chi connectivity index (χ1) is 12.1. The number of nitrogens with two attached hydrogens (primary N) is 3. The molecule has 4 amide bonds. The second-order valence-electron chi connectivity index (χ2n) is 5.58. The molecule has 0 aliphatic heterocycles. The molecule has 0 heterocycles. The smallest absolute Gasteiger partial charge is 0.245 e. The molecule has 0 aromatic rings. The number of nitrogens with zero attached hydrogens (tertiary/aromatic N) is 1. The maximum atomic E-state index is 12.3. The average Bonchev–Trinajstić information content (AvgIpc) is 2.54. The number of guanidine groups is 1. The van der Waals surface area contributed by atoms with Crippen LogP contribution in [0.5, 0.6) is 0 Å². The topological polar surface area (TPSA) is 215 Å². The molecule has 0 radical (unpaired) electrons. The quantitative estimate of drug-likeness (QED) is 0.108. The summed E-state index contributed by atoms with van der Waals surface area (Å²) in [6.45, 7) is 2.16. The summed E-state index contributed by atoms with van der Waals surface area (Å²) in [5, 5.41) is 16.2. The van der Waals surface area contributed by atoms with Gasteiger partial charge in [0.15, 0.2) is 5.96 Å². The van der Waals surface area contributed by atoms with Crippen molar-refractivity contribution in [2.45, 2.75) is 44.8 Å². The monoisotopic (exact) mass is 373 g/mol. The summed E-state index contributed by atoms with van der Waals surface area (Å²) in [6, 6.07) is -3.20. The number of carbonyl (C=O) groups excluding carboxylic acids is 4. The Morgan fingerprint density at radius 3 is 2.04 bits per heavy atom. The predicted octanol–water partition coefficient (Wildman–Crippen LogP) is -3.99. The molecule has 0 unspecified atom stereocenters. The van der Waals surface area contributed by atoms with E-state index in [9.17, 15) is 24.3 Å². The van der Waals surface area contributed by atoms with Gasteiger partial charge in [0.2, 0.25) is 23.6 Å². The van der Waals surface area contributed by atoms with Crippen molar-refractivity contribution in [3.8, 4) is 0 Å². The molecule has 0 rings (SSSR count). The fourth-order valence-electron chi connectivity index (χ4n) is 1.87. The van der Waals surface area contributed by atoms with E-state index in [0.717, 1.165) is 0 Å². The van der Waals surface area contributed by atoms with Gasteiger partial charge in [0.25, 0.3) is 0 Å². The minimum atomic E-state index is -1.21. The Morgan fingerprint density at radius 2 is 1.58 bits per heavy atom. The van der Waals surface area contributed by atoms with E-state index < -0.39 is 48.4 Å². The lowest BCUT2D eigenvalue weighted by atomic mass is 10.1. The Kier molecular flexibility index (Phi) is 10.3. The molecule has 0 spiro atoms. The second-order valence-corrected chi connectivity index (χ2v) is 5.58. The van der Waals surface area contributed by atoms with Gasteiger partial charge in [0.05, 0.1) is 6.61 Å².